The standard InChI is InChI=1S/C18H20BrNO2/c1-3-13(2)14-4-8-16(9-5-14)20-18(21)12-22-17-10-6-15(19)7-11-17/h4-11,13H,3,12H2,1-2H3,(H,20,21). The van der Waals surface area contributed by atoms with Gasteiger partial charge in [0.1, 0.15) is 5.75 Å². The number of carbonyl (C=O) groups is 1. The monoisotopic (exact) mass is 361 g/mol. The van der Waals surface area contributed by atoms with Crippen molar-refractivity contribution in [3.8, 4) is 5.75 Å². The summed E-state index contributed by atoms with van der Waals surface area (Å²) in [7, 11) is 0. The molecular weight excluding hydrogens is 342 g/mol. The van der Waals surface area contributed by atoms with Gasteiger partial charge in [0, 0.05) is 10.2 Å². The molecule has 0 aliphatic heterocycles. The van der Waals surface area contributed by atoms with E-state index in [2.05, 4.69) is 47.2 Å². The Bertz CT molecular complexity index is 608. The summed E-state index contributed by atoms with van der Waals surface area (Å²) in [5, 5.41) is 2.83. The molecule has 1 unspecified atom stereocenters. The molecule has 0 aliphatic carbocycles. The largest absolute Gasteiger partial charge is 0.484 e. The fraction of sp³-hybridized carbons (Fsp3) is 0.278. The van der Waals surface area contributed by atoms with Crippen LogP contribution < -0.4 is 10.1 Å². The smallest absolute Gasteiger partial charge is 0.262 e. The number of nitrogens with one attached hydrogen (secondary N) is 1. The number of amides is 1. The Morgan fingerprint density at radius 2 is 1.77 bits per heavy atom. The van der Waals surface area contributed by atoms with Crippen molar-refractivity contribution in [1.82, 2.24) is 0 Å². The molecule has 0 spiro atoms. The second kappa shape index (κ2) is 7.99. The van der Waals surface area contributed by atoms with Crippen molar-refractivity contribution in [2.75, 3.05) is 11.9 Å². The highest BCUT2D eigenvalue weighted by atomic mass is 79.9. The van der Waals surface area contributed by atoms with Crippen LogP contribution in [0.3, 0.4) is 0 Å². The third kappa shape index (κ3) is 4.88. The van der Waals surface area contributed by atoms with Gasteiger partial charge < -0.3 is 10.1 Å². The minimum atomic E-state index is -0.167. The SMILES string of the molecule is CCC(C)c1ccc(NC(=O)COc2ccc(Br)cc2)cc1. The normalized spacial score (nSPS) is 11.8. The van der Waals surface area contributed by atoms with Gasteiger partial charge in [0.15, 0.2) is 6.61 Å². The summed E-state index contributed by atoms with van der Waals surface area (Å²) in [5.41, 5.74) is 2.07. The molecule has 0 aromatic heterocycles. The summed E-state index contributed by atoms with van der Waals surface area (Å²) in [6.07, 6.45) is 1.10. The van der Waals surface area contributed by atoms with Gasteiger partial charge in [-0.3, -0.25) is 4.79 Å². The number of halogens is 1. The van der Waals surface area contributed by atoms with Gasteiger partial charge in [-0.15, -0.1) is 0 Å². The molecule has 22 heavy (non-hydrogen) atoms. The average Bonchev–Trinajstić information content (AvgIpc) is 2.54. The van der Waals surface area contributed by atoms with Crippen LogP contribution >= 0.6 is 15.9 Å². The maximum atomic E-state index is 11.9. The highest BCUT2D eigenvalue weighted by Crippen LogP contribution is 2.20. The predicted molar refractivity (Wildman–Crippen MR) is 93.4 cm³/mol. The second-order valence-corrected chi connectivity index (χ2v) is 6.14. The molecule has 0 saturated heterocycles. The van der Waals surface area contributed by atoms with Crippen molar-refractivity contribution in [2.45, 2.75) is 26.2 Å². The number of hydrogen-bond acceptors (Lipinski definition) is 2. The van der Waals surface area contributed by atoms with Crippen LogP contribution in [0.2, 0.25) is 0 Å². The van der Waals surface area contributed by atoms with E-state index in [-0.39, 0.29) is 12.5 Å². The summed E-state index contributed by atoms with van der Waals surface area (Å²) in [4.78, 5) is 11.9. The van der Waals surface area contributed by atoms with Gasteiger partial charge >= 0.3 is 0 Å². The Labute approximate surface area is 139 Å². The van der Waals surface area contributed by atoms with Crippen LogP contribution in [0.5, 0.6) is 5.75 Å². The Kier molecular flexibility index (Phi) is 6.01. The molecule has 116 valence electrons. The molecule has 0 bridgehead atoms. The van der Waals surface area contributed by atoms with Crippen LogP contribution in [0.15, 0.2) is 53.0 Å². The zero-order chi connectivity index (χ0) is 15.9. The summed E-state index contributed by atoms with van der Waals surface area (Å²) in [5.74, 6) is 1.04. The van der Waals surface area contributed by atoms with Gasteiger partial charge in [-0.1, -0.05) is 41.9 Å². The molecule has 1 amide bonds. The highest BCUT2D eigenvalue weighted by Gasteiger charge is 2.06. The van der Waals surface area contributed by atoms with Crippen molar-refractivity contribution in [2.24, 2.45) is 0 Å². The fourth-order valence-corrected chi connectivity index (χ4v) is 2.27. The van der Waals surface area contributed by atoms with Crippen molar-refractivity contribution < 1.29 is 9.53 Å². The molecule has 0 radical (unpaired) electrons. The topological polar surface area (TPSA) is 38.3 Å². The van der Waals surface area contributed by atoms with Gasteiger partial charge in [-0.25, -0.2) is 0 Å². The van der Waals surface area contributed by atoms with E-state index in [4.69, 9.17) is 4.74 Å². The van der Waals surface area contributed by atoms with E-state index in [0.29, 0.717) is 11.7 Å². The van der Waals surface area contributed by atoms with Crippen molar-refractivity contribution in [3.05, 3.63) is 58.6 Å². The van der Waals surface area contributed by atoms with Crippen LogP contribution in [0.1, 0.15) is 31.7 Å². The molecule has 4 heteroatoms. The van der Waals surface area contributed by atoms with Gasteiger partial charge in [0.25, 0.3) is 5.91 Å². The fourth-order valence-electron chi connectivity index (χ4n) is 2.01. The molecule has 2 aromatic carbocycles. The lowest BCUT2D eigenvalue weighted by molar-refractivity contribution is -0.118. The van der Waals surface area contributed by atoms with Crippen LogP contribution in [0.4, 0.5) is 5.69 Å². The van der Waals surface area contributed by atoms with E-state index in [1.165, 1.54) is 5.56 Å². The zero-order valence-corrected chi connectivity index (χ0v) is 14.4. The Morgan fingerprint density at radius 1 is 1.14 bits per heavy atom. The Morgan fingerprint density at radius 3 is 2.36 bits per heavy atom. The molecule has 0 aliphatic rings. The third-order valence-corrected chi connectivity index (χ3v) is 4.09. The highest BCUT2D eigenvalue weighted by molar-refractivity contribution is 9.10. The van der Waals surface area contributed by atoms with Crippen molar-refractivity contribution in [1.29, 1.82) is 0 Å². The first kappa shape index (κ1) is 16.6. The number of ether oxygens (including phenoxy) is 1. The minimum Gasteiger partial charge on any atom is -0.484 e. The maximum Gasteiger partial charge on any atom is 0.262 e. The third-order valence-electron chi connectivity index (χ3n) is 3.56. The first-order chi connectivity index (χ1) is 10.6. The molecular formula is C18H20BrNO2. The zero-order valence-electron chi connectivity index (χ0n) is 12.8. The first-order valence-corrected chi connectivity index (χ1v) is 8.16. The number of rotatable bonds is 6. The minimum absolute atomic E-state index is 0.00521. The van der Waals surface area contributed by atoms with E-state index >= 15 is 0 Å². The summed E-state index contributed by atoms with van der Waals surface area (Å²) < 4.78 is 6.42. The molecule has 0 fully saturated rings. The first-order valence-electron chi connectivity index (χ1n) is 7.36. The van der Waals surface area contributed by atoms with E-state index < -0.39 is 0 Å². The molecule has 0 heterocycles. The van der Waals surface area contributed by atoms with Crippen molar-refractivity contribution in [3.63, 3.8) is 0 Å². The maximum absolute atomic E-state index is 11.9. The number of hydrogen-bond donors (Lipinski definition) is 1. The summed E-state index contributed by atoms with van der Waals surface area (Å²) in [6, 6.07) is 15.4. The molecule has 1 N–H and O–H groups in total. The van der Waals surface area contributed by atoms with E-state index in [1.807, 2.05) is 36.4 Å². The van der Waals surface area contributed by atoms with Crippen LogP contribution in [-0.2, 0) is 4.79 Å². The van der Waals surface area contributed by atoms with Crippen molar-refractivity contribution >= 4 is 27.5 Å². The molecule has 3 nitrogen and oxygen atoms in total. The van der Waals surface area contributed by atoms with E-state index in [9.17, 15) is 4.79 Å². The second-order valence-electron chi connectivity index (χ2n) is 5.22. The molecule has 2 aromatic rings. The van der Waals surface area contributed by atoms with Crippen LogP contribution in [-0.4, -0.2) is 12.5 Å². The number of carbonyl (C=O) groups excluding carboxylic acids is 1. The van der Waals surface area contributed by atoms with E-state index in [0.717, 1.165) is 16.6 Å². The van der Waals surface area contributed by atoms with Gasteiger partial charge in [-0.05, 0) is 54.3 Å². The van der Waals surface area contributed by atoms with Crippen LogP contribution in [0.25, 0.3) is 0 Å². The van der Waals surface area contributed by atoms with Gasteiger partial charge in [0.05, 0.1) is 0 Å². The van der Waals surface area contributed by atoms with Crippen LogP contribution in [0, 0.1) is 0 Å². The molecule has 1 atom stereocenters. The lowest BCUT2D eigenvalue weighted by Gasteiger charge is -2.11. The lowest BCUT2D eigenvalue weighted by Crippen LogP contribution is -2.20. The number of benzene rings is 2. The lowest BCUT2D eigenvalue weighted by atomic mass is 9.99. The average molecular weight is 362 g/mol. The quantitative estimate of drug-likeness (QED) is 0.787. The van der Waals surface area contributed by atoms with Gasteiger partial charge in [-0.2, -0.15) is 0 Å². The van der Waals surface area contributed by atoms with Gasteiger partial charge in [0.2, 0.25) is 0 Å². The predicted octanol–water partition coefficient (Wildman–Crippen LogP) is 4.98. The summed E-state index contributed by atoms with van der Waals surface area (Å²) >= 11 is 3.36. The molecule has 2 rings (SSSR count). The number of anilines is 1. The molecule has 0 saturated carbocycles. The summed E-state index contributed by atoms with van der Waals surface area (Å²) in [6.45, 7) is 4.36. The Hall–Kier alpha value is -1.81. The van der Waals surface area contributed by atoms with E-state index in [1.54, 1.807) is 0 Å². The Balaban J connectivity index is 1.85.